The molecule has 19 heavy (non-hydrogen) atoms. The van der Waals surface area contributed by atoms with Crippen LogP contribution in [-0.2, 0) is 14.9 Å². The molecule has 0 aliphatic rings. The third-order valence-electron chi connectivity index (χ3n) is 1.87. The van der Waals surface area contributed by atoms with Gasteiger partial charge < -0.3 is 8.92 Å². The molecule has 0 saturated heterocycles. The molecule has 0 spiro atoms. The first kappa shape index (κ1) is 15.3. The van der Waals surface area contributed by atoms with Crippen molar-refractivity contribution in [1.29, 1.82) is 0 Å². The first-order valence-corrected chi connectivity index (χ1v) is 6.36. The van der Waals surface area contributed by atoms with Crippen LogP contribution in [0.15, 0.2) is 24.3 Å². The van der Waals surface area contributed by atoms with Gasteiger partial charge in [-0.3, -0.25) is 0 Å². The van der Waals surface area contributed by atoms with Crippen LogP contribution in [-0.4, -0.2) is 26.5 Å². The minimum atomic E-state index is -5.83. The van der Waals surface area contributed by atoms with Gasteiger partial charge in [0.15, 0.2) is 5.75 Å². The lowest BCUT2D eigenvalue weighted by Gasteiger charge is -2.12. The van der Waals surface area contributed by atoms with Crippen LogP contribution >= 0.6 is 0 Å². The standard InChI is InChI=1S/C10H9F3O5S/c1-2-17-9(14)7-5-3-4-6-8(7)18-19(15,16)10(11,12)13/h3-6H,2H2,1H3. The third-order valence-corrected chi connectivity index (χ3v) is 2.83. The molecule has 1 aromatic rings. The van der Waals surface area contributed by atoms with Crippen LogP contribution in [0.4, 0.5) is 13.2 Å². The first-order valence-electron chi connectivity index (χ1n) is 4.96. The maximum Gasteiger partial charge on any atom is 0.534 e. The summed E-state index contributed by atoms with van der Waals surface area (Å²) in [4.78, 5) is 11.4. The number of carbonyl (C=O) groups excluding carboxylic acids is 1. The van der Waals surface area contributed by atoms with Gasteiger partial charge in [0, 0.05) is 0 Å². The number of alkyl halides is 3. The van der Waals surface area contributed by atoms with Gasteiger partial charge in [-0.2, -0.15) is 21.6 Å². The summed E-state index contributed by atoms with van der Waals surface area (Å²) in [6.07, 6.45) is 0. The van der Waals surface area contributed by atoms with Crippen molar-refractivity contribution in [3.63, 3.8) is 0 Å². The Morgan fingerprint density at radius 1 is 1.26 bits per heavy atom. The fourth-order valence-corrected chi connectivity index (χ4v) is 1.56. The van der Waals surface area contributed by atoms with Crippen LogP contribution in [0.1, 0.15) is 17.3 Å². The molecule has 0 atom stereocenters. The highest BCUT2D eigenvalue weighted by Gasteiger charge is 2.49. The molecule has 0 radical (unpaired) electrons. The van der Waals surface area contributed by atoms with E-state index in [1.807, 2.05) is 0 Å². The van der Waals surface area contributed by atoms with E-state index < -0.39 is 32.9 Å². The fraction of sp³-hybridized carbons (Fsp3) is 0.300. The Hall–Kier alpha value is -1.77. The number of benzene rings is 1. The smallest absolute Gasteiger partial charge is 0.462 e. The molecule has 5 nitrogen and oxygen atoms in total. The van der Waals surface area contributed by atoms with Crippen molar-refractivity contribution in [2.24, 2.45) is 0 Å². The summed E-state index contributed by atoms with van der Waals surface area (Å²) >= 11 is 0. The Bertz CT molecular complexity index is 565. The Labute approximate surface area is 107 Å². The van der Waals surface area contributed by atoms with E-state index in [2.05, 4.69) is 8.92 Å². The predicted molar refractivity (Wildman–Crippen MR) is 58.0 cm³/mol. The van der Waals surface area contributed by atoms with E-state index >= 15 is 0 Å². The summed E-state index contributed by atoms with van der Waals surface area (Å²) in [7, 11) is -5.83. The van der Waals surface area contributed by atoms with Crippen molar-refractivity contribution in [2.75, 3.05) is 6.61 Å². The SMILES string of the molecule is CCOC(=O)c1ccccc1OS(=O)(=O)C(F)(F)F. The zero-order valence-corrected chi connectivity index (χ0v) is 10.4. The van der Waals surface area contributed by atoms with E-state index in [0.717, 1.165) is 12.1 Å². The van der Waals surface area contributed by atoms with Gasteiger partial charge in [0.05, 0.1) is 6.61 Å². The summed E-state index contributed by atoms with van der Waals surface area (Å²) in [6, 6.07) is 4.58. The van der Waals surface area contributed by atoms with Crippen LogP contribution in [0.2, 0.25) is 0 Å². The Morgan fingerprint density at radius 3 is 2.37 bits per heavy atom. The highest BCUT2D eigenvalue weighted by atomic mass is 32.2. The molecule has 0 aliphatic carbocycles. The molecule has 106 valence electrons. The molecule has 0 aliphatic heterocycles. The Morgan fingerprint density at radius 2 is 1.84 bits per heavy atom. The van der Waals surface area contributed by atoms with Gasteiger partial charge in [-0.05, 0) is 19.1 Å². The summed E-state index contributed by atoms with van der Waals surface area (Å²) in [6.45, 7) is 1.48. The van der Waals surface area contributed by atoms with E-state index in [1.54, 1.807) is 0 Å². The molecule has 0 N–H and O–H groups in total. The number of hydrogen-bond acceptors (Lipinski definition) is 5. The van der Waals surface area contributed by atoms with Gasteiger partial charge in [0.2, 0.25) is 0 Å². The van der Waals surface area contributed by atoms with Gasteiger partial charge >= 0.3 is 21.6 Å². The summed E-state index contributed by atoms with van der Waals surface area (Å²) in [5.41, 5.74) is -5.98. The van der Waals surface area contributed by atoms with E-state index in [1.165, 1.54) is 19.1 Å². The highest BCUT2D eigenvalue weighted by molar-refractivity contribution is 7.88. The van der Waals surface area contributed by atoms with Gasteiger partial charge in [-0.15, -0.1) is 0 Å². The minimum Gasteiger partial charge on any atom is -0.462 e. The quantitative estimate of drug-likeness (QED) is 0.483. The van der Waals surface area contributed by atoms with Crippen LogP contribution < -0.4 is 4.18 Å². The third kappa shape index (κ3) is 3.60. The molecule has 9 heteroatoms. The maximum atomic E-state index is 12.2. The van der Waals surface area contributed by atoms with Crippen molar-refractivity contribution in [3.05, 3.63) is 29.8 Å². The number of esters is 1. The lowest BCUT2D eigenvalue weighted by atomic mass is 10.2. The van der Waals surface area contributed by atoms with E-state index in [-0.39, 0.29) is 6.61 Å². The van der Waals surface area contributed by atoms with Crippen LogP contribution in [0.25, 0.3) is 0 Å². The number of ether oxygens (including phenoxy) is 1. The molecule has 0 aromatic heterocycles. The van der Waals surface area contributed by atoms with Gasteiger partial charge in [0.25, 0.3) is 0 Å². The normalized spacial score (nSPS) is 12.0. The second-order valence-corrected chi connectivity index (χ2v) is 4.74. The van der Waals surface area contributed by atoms with E-state index in [9.17, 15) is 26.4 Å². The molecule has 0 fully saturated rings. The number of hydrogen-bond donors (Lipinski definition) is 0. The molecular weight excluding hydrogens is 289 g/mol. The molecule has 0 bridgehead atoms. The highest BCUT2D eigenvalue weighted by Crippen LogP contribution is 2.29. The fourth-order valence-electron chi connectivity index (χ4n) is 1.08. The number of carbonyl (C=O) groups is 1. The number of para-hydroxylation sites is 1. The van der Waals surface area contributed by atoms with Crippen LogP contribution in [0.5, 0.6) is 5.75 Å². The second kappa shape index (κ2) is 5.47. The molecule has 0 heterocycles. The van der Waals surface area contributed by atoms with Gasteiger partial charge in [0.1, 0.15) is 5.56 Å². The van der Waals surface area contributed by atoms with Crippen molar-refractivity contribution in [3.8, 4) is 5.75 Å². The molecule has 0 amide bonds. The zero-order valence-electron chi connectivity index (χ0n) is 9.60. The molecule has 0 saturated carbocycles. The van der Waals surface area contributed by atoms with Crippen molar-refractivity contribution < 1.29 is 35.3 Å². The van der Waals surface area contributed by atoms with Crippen LogP contribution in [0.3, 0.4) is 0 Å². The predicted octanol–water partition coefficient (Wildman–Crippen LogP) is 2.09. The van der Waals surface area contributed by atoms with Crippen molar-refractivity contribution >= 4 is 16.1 Å². The van der Waals surface area contributed by atoms with Crippen molar-refractivity contribution in [2.45, 2.75) is 12.4 Å². The summed E-state index contributed by atoms with van der Waals surface area (Å²) in [5, 5.41) is 0. The average molecular weight is 298 g/mol. The minimum absolute atomic E-state index is 0.0147. The van der Waals surface area contributed by atoms with Crippen LogP contribution in [0, 0.1) is 0 Å². The molecular formula is C10H9F3O5S. The summed E-state index contributed by atoms with van der Waals surface area (Å²) in [5.74, 6) is -1.71. The van der Waals surface area contributed by atoms with E-state index in [4.69, 9.17) is 0 Å². The maximum absolute atomic E-state index is 12.2. The lowest BCUT2D eigenvalue weighted by molar-refractivity contribution is -0.0500. The molecule has 1 rings (SSSR count). The largest absolute Gasteiger partial charge is 0.534 e. The summed E-state index contributed by atoms with van der Waals surface area (Å²) < 4.78 is 66.7. The first-order chi connectivity index (χ1) is 8.69. The molecule has 1 aromatic carbocycles. The average Bonchev–Trinajstić information content (AvgIpc) is 2.28. The Kier molecular flexibility index (Phi) is 4.40. The van der Waals surface area contributed by atoms with Crippen molar-refractivity contribution in [1.82, 2.24) is 0 Å². The number of halogens is 3. The second-order valence-electron chi connectivity index (χ2n) is 3.20. The lowest BCUT2D eigenvalue weighted by Crippen LogP contribution is -2.28. The van der Waals surface area contributed by atoms with Gasteiger partial charge in [-0.25, -0.2) is 4.79 Å². The topological polar surface area (TPSA) is 69.7 Å². The zero-order chi connectivity index (χ0) is 14.7. The number of rotatable bonds is 4. The monoisotopic (exact) mass is 298 g/mol. The Balaban J connectivity index is 3.13. The van der Waals surface area contributed by atoms with Gasteiger partial charge in [-0.1, -0.05) is 12.1 Å². The van der Waals surface area contributed by atoms with E-state index in [0.29, 0.717) is 0 Å². The molecule has 0 unspecified atom stereocenters.